The summed E-state index contributed by atoms with van der Waals surface area (Å²) in [5.41, 5.74) is 4.33. The van der Waals surface area contributed by atoms with Crippen molar-refractivity contribution >= 4 is 34.8 Å². The van der Waals surface area contributed by atoms with E-state index in [2.05, 4.69) is 10.5 Å². The maximum Gasteiger partial charge on any atom is 0.274 e. The highest BCUT2D eigenvalue weighted by atomic mass is 35.5. The van der Waals surface area contributed by atoms with Crippen LogP contribution in [0.3, 0.4) is 0 Å². The van der Waals surface area contributed by atoms with Gasteiger partial charge in [-0.15, -0.1) is 0 Å². The monoisotopic (exact) mass is 310 g/mol. The number of rotatable bonds is 3. The van der Waals surface area contributed by atoms with Crippen LogP contribution in [-0.4, -0.2) is 11.6 Å². The number of carbonyl (C=O) groups excluding carboxylic acids is 1. The topological polar surface area (TPSA) is 54.6 Å². The number of hydrogen-bond acceptors (Lipinski definition) is 3. The largest absolute Gasteiger partial charge is 0.469 e. The predicted molar refractivity (Wildman–Crippen MR) is 79.6 cm³/mol. The summed E-state index contributed by atoms with van der Waals surface area (Å²) in [5, 5.41) is 4.95. The van der Waals surface area contributed by atoms with Gasteiger partial charge in [-0.3, -0.25) is 4.79 Å². The van der Waals surface area contributed by atoms with E-state index < -0.39 is 0 Å². The lowest BCUT2D eigenvalue weighted by Crippen LogP contribution is -2.19. The van der Waals surface area contributed by atoms with E-state index in [-0.39, 0.29) is 5.91 Å². The lowest BCUT2D eigenvalue weighted by molar-refractivity contribution is 0.0953. The normalized spacial score (nSPS) is 11.5. The summed E-state index contributed by atoms with van der Waals surface area (Å²) in [5.74, 6) is 0.223. The van der Waals surface area contributed by atoms with Gasteiger partial charge in [0.1, 0.15) is 5.76 Å². The number of aryl methyl sites for hydroxylation is 1. The molecule has 104 valence electrons. The van der Waals surface area contributed by atoms with Crippen molar-refractivity contribution in [3.63, 3.8) is 0 Å². The van der Waals surface area contributed by atoms with Gasteiger partial charge in [0, 0.05) is 0 Å². The van der Waals surface area contributed by atoms with Crippen LogP contribution in [0.15, 0.2) is 40.0 Å². The zero-order valence-electron chi connectivity index (χ0n) is 10.9. The fourth-order valence-electron chi connectivity index (χ4n) is 1.60. The molecule has 1 heterocycles. The van der Waals surface area contributed by atoms with Crippen LogP contribution in [0.25, 0.3) is 0 Å². The SMILES string of the molecule is C/C(=N/NC(=O)c1ccoc1C)c1ccc(Cl)c(Cl)c1. The van der Waals surface area contributed by atoms with E-state index >= 15 is 0 Å². The van der Waals surface area contributed by atoms with Gasteiger partial charge in [-0.05, 0) is 37.6 Å². The summed E-state index contributed by atoms with van der Waals surface area (Å²) >= 11 is 11.8. The van der Waals surface area contributed by atoms with Crippen LogP contribution in [0, 0.1) is 6.92 Å². The fraction of sp³-hybridized carbons (Fsp3) is 0.143. The minimum absolute atomic E-state index is 0.323. The van der Waals surface area contributed by atoms with Gasteiger partial charge in [-0.2, -0.15) is 5.10 Å². The number of halogens is 2. The van der Waals surface area contributed by atoms with Crippen molar-refractivity contribution < 1.29 is 9.21 Å². The number of hydrazone groups is 1. The first kappa shape index (κ1) is 14.6. The first-order chi connectivity index (χ1) is 9.49. The van der Waals surface area contributed by atoms with Crippen LogP contribution >= 0.6 is 23.2 Å². The van der Waals surface area contributed by atoms with Crippen molar-refractivity contribution in [2.24, 2.45) is 5.10 Å². The number of benzene rings is 1. The Morgan fingerprint density at radius 1 is 1.25 bits per heavy atom. The summed E-state index contributed by atoms with van der Waals surface area (Å²) < 4.78 is 5.06. The predicted octanol–water partition coefficient (Wildman–Crippen LogP) is 4.05. The zero-order valence-corrected chi connectivity index (χ0v) is 12.4. The number of furan rings is 1. The van der Waals surface area contributed by atoms with Gasteiger partial charge >= 0.3 is 0 Å². The molecule has 4 nitrogen and oxygen atoms in total. The lowest BCUT2D eigenvalue weighted by Gasteiger charge is -2.04. The summed E-state index contributed by atoms with van der Waals surface area (Å²) in [6, 6.07) is 6.75. The van der Waals surface area contributed by atoms with Crippen molar-refractivity contribution in [1.29, 1.82) is 0 Å². The molecule has 0 spiro atoms. The third-order valence-electron chi connectivity index (χ3n) is 2.77. The molecule has 0 bridgehead atoms. The standard InChI is InChI=1S/C14H12Cl2N2O2/c1-8(10-3-4-12(15)13(16)7-10)17-18-14(19)11-5-6-20-9(11)2/h3-7H,1-2H3,(H,18,19)/b17-8-. The molecule has 1 aromatic heterocycles. The summed E-state index contributed by atoms with van der Waals surface area (Å²) in [6.45, 7) is 3.48. The van der Waals surface area contributed by atoms with Gasteiger partial charge in [-0.1, -0.05) is 29.3 Å². The zero-order chi connectivity index (χ0) is 14.7. The molecule has 0 aliphatic rings. The molecule has 1 aromatic carbocycles. The number of amides is 1. The minimum Gasteiger partial charge on any atom is -0.469 e. The number of nitrogens with zero attached hydrogens (tertiary/aromatic N) is 1. The van der Waals surface area contributed by atoms with E-state index in [4.69, 9.17) is 27.6 Å². The first-order valence-corrected chi connectivity index (χ1v) is 6.59. The highest BCUT2D eigenvalue weighted by molar-refractivity contribution is 6.42. The molecule has 0 saturated carbocycles. The Labute approximate surface area is 126 Å². The summed E-state index contributed by atoms with van der Waals surface area (Å²) in [4.78, 5) is 11.9. The average molecular weight is 311 g/mol. The van der Waals surface area contributed by atoms with Crippen molar-refractivity contribution in [1.82, 2.24) is 5.43 Å². The van der Waals surface area contributed by atoms with Crippen LogP contribution in [0.4, 0.5) is 0 Å². The van der Waals surface area contributed by atoms with Crippen LogP contribution in [0.1, 0.15) is 28.6 Å². The van der Waals surface area contributed by atoms with E-state index in [0.717, 1.165) is 5.56 Å². The molecule has 1 N–H and O–H groups in total. The first-order valence-electron chi connectivity index (χ1n) is 5.83. The fourth-order valence-corrected chi connectivity index (χ4v) is 1.90. The minimum atomic E-state index is -0.323. The number of carbonyl (C=O) groups is 1. The highest BCUT2D eigenvalue weighted by Gasteiger charge is 2.10. The number of hydrogen-bond donors (Lipinski definition) is 1. The van der Waals surface area contributed by atoms with E-state index in [1.807, 2.05) is 0 Å². The van der Waals surface area contributed by atoms with E-state index in [1.165, 1.54) is 6.26 Å². The third kappa shape index (κ3) is 3.21. The Bertz CT molecular complexity index is 678. The van der Waals surface area contributed by atoms with Crippen LogP contribution in [-0.2, 0) is 0 Å². The Hall–Kier alpha value is -1.78. The molecular weight excluding hydrogens is 299 g/mol. The van der Waals surface area contributed by atoms with Gasteiger partial charge in [0.25, 0.3) is 5.91 Å². The molecular formula is C14H12Cl2N2O2. The molecule has 1 amide bonds. The molecule has 6 heteroatoms. The van der Waals surface area contributed by atoms with E-state index in [9.17, 15) is 4.79 Å². The smallest absolute Gasteiger partial charge is 0.274 e. The Morgan fingerprint density at radius 3 is 2.60 bits per heavy atom. The van der Waals surface area contributed by atoms with E-state index in [0.29, 0.717) is 27.1 Å². The maximum atomic E-state index is 11.9. The molecule has 0 saturated heterocycles. The molecule has 0 unspecified atom stereocenters. The molecule has 0 aliphatic heterocycles. The number of nitrogens with one attached hydrogen (secondary N) is 1. The van der Waals surface area contributed by atoms with Gasteiger partial charge < -0.3 is 4.42 Å². The molecule has 0 radical (unpaired) electrons. The van der Waals surface area contributed by atoms with E-state index in [1.54, 1.807) is 38.1 Å². The van der Waals surface area contributed by atoms with Gasteiger partial charge in [0.2, 0.25) is 0 Å². The van der Waals surface area contributed by atoms with Crippen molar-refractivity contribution in [2.75, 3.05) is 0 Å². The third-order valence-corrected chi connectivity index (χ3v) is 3.51. The Morgan fingerprint density at radius 2 is 2.00 bits per heavy atom. The Kier molecular flexibility index (Phi) is 4.47. The summed E-state index contributed by atoms with van der Waals surface area (Å²) in [6.07, 6.45) is 1.46. The molecule has 20 heavy (non-hydrogen) atoms. The van der Waals surface area contributed by atoms with Crippen molar-refractivity contribution in [3.8, 4) is 0 Å². The quantitative estimate of drug-likeness (QED) is 0.687. The summed E-state index contributed by atoms with van der Waals surface area (Å²) in [7, 11) is 0. The van der Waals surface area contributed by atoms with Crippen LogP contribution < -0.4 is 5.43 Å². The maximum absolute atomic E-state index is 11.9. The van der Waals surface area contributed by atoms with Gasteiger partial charge in [-0.25, -0.2) is 5.43 Å². The lowest BCUT2D eigenvalue weighted by atomic mass is 10.1. The second-order valence-corrected chi connectivity index (χ2v) is 4.97. The van der Waals surface area contributed by atoms with Gasteiger partial charge in [0.05, 0.1) is 27.6 Å². The molecule has 2 rings (SSSR count). The van der Waals surface area contributed by atoms with Crippen molar-refractivity contribution in [2.45, 2.75) is 13.8 Å². The Balaban J connectivity index is 2.13. The molecule has 0 aliphatic carbocycles. The molecule has 0 fully saturated rings. The van der Waals surface area contributed by atoms with Gasteiger partial charge in [0.15, 0.2) is 0 Å². The highest BCUT2D eigenvalue weighted by Crippen LogP contribution is 2.22. The van der Waals surface area contributed by atoms with Crippen molar-refractivity contribution in [3.05, 3.63) is 57.5 Å². The second kappa shape index (κ2) is 6.11. The molecule has 0 atom stereocenters. The second-order valence-electron chi connectivity index (χ2n) is 4.16. The van der Waals surface area contributed by atoms with Crippen LogP contribution in [0.5, 0.6) is 0 Å². The van der Waals surface area contributed by atoms with Crippen LogP contribution in [0.2, 0.25) is 10.0 Å². The molecule has 2 aromatic rings. The average Bonchev–Trinajstić information content (AvgIpc) is 2.85.